The Kier molecular flexibility index (Phi) is 7.80. The minimum atomic E-state index is -3.23. The number of rotatable bonds is 10. The summed E-state index contributed by atoms with van der Waals surface area (Å²) in [5.74, 6) is 0.435. The Morgan fingerprint density at radius 2 is 1.48 bits per heavy atom. The summed E-state index contributed by atoms with van der Waals surface area (Å²) in [6.07, 6.45) is 3.15. The number of sulfone groups is 2. The maximum Gasteiger partial charge on any atom is 0.220 e. The molecule has 0 saturated carbocycles. The van der Waals surface area contributed by atoms with Crippen LogP contribution in [0.25, 0.3) is 0 Å². The fraction of sp³-hybridized carbons (Fsp3) is 0.350. The summed E-state index contributed by atoms with van der Waals surface area (Å²) < 4.78 is 50.9. The number of nitrogens with one attached hydrogen (secondary N) is 1. The second kappa shape index (κ2) is 9.89. The molecule has 0 heterocycles. The number of ether oxygens (including phenoxy) is 1. The van der Waals surface area contributed by atoms with Gasteiger partial charge in [0.15, 0.2) is 19.7 Å². The number of carbonyl (C=O) groups excluding carboxylic acids is 1. The van der Waals surface area contributed by atoms with Gasteiger partial charge in [0.05, 0.1) is 17.3 Å². The molecule has 7 nitrogen and oxygen atoms in total. The average molecular weight is 440 g/mol. The van der Waals surface area contributed by atoms with E-state index in [4.69, 9.17) is 4.74 Å². The van der Waals surface area contributed by atoms with Gasteiger partial charge in [-0.15, -0.1) is 0 Å². The van der Waals surface area contributed by atoms with Crippen LogP contribution in [-0.4, -0.2) is 41.9 Å². The molecule has 0 spiro atoms. The van der Waals surface area contributed by atoms with Gasteiger partial charge in [0.2, 0.25) is 5.91 Å². The van der Waals surface area contributed by atoms with Crippen molar-refractivity contribution in [2.24, 2.45) is 0 Å². The van der Waals surface area contributed by atoms with Gasteiger partial charge in [0.25, 0.3) is 0 Å². The minimum Gasteiger partial charge on any atom is -0.494 e. The average Bonchev–Trinajstić information content (AvgIpc) is 2.63. The summed E-state index contributed by atoms with van der Waals surface area (Å²) in [7, 11) is -6.30. The van der Waals surface area contributed by atoms with E-state index in [1.807, 2.05) is 0 Å². The lowest BCUT2D eigenvalue weighted by molar-refractivity contribution is -0.121. The first-order valence-electron chi connectivity index (χ1n) is 8.98. The summed E-state index contributed by atoms with van der Waals surface area (Å²) in [4.78, 5) is 12.2. The number of hydrogen-bond donors (Lipinski definition) is 1. The number of amides is 1. The lowest BCUT2D eigenvalue weighted by Crippen LogP contribution is -2.23. The van der Waals surface area contributed by atoms with Crippen LogP contribution in [0.2, 0.25) is 0 Å². The molecule has 2 aromatic rings. The standard InChI is InChI=1S/C20H25NO6S2/c1-28(23,24)15-17-7-5-16(6-8-17)14-21-20(22)4-3-13-27-18-9-11-19(12-10-18)29(2,25)26/h5-12H,3-4,13-15H2,1-2H3,(H,21,22). The lowest BCUT2D eigenvalue weighted by Gasteiger charge is -2.08. The minimum absolute atomic E-state index is 0.00335. The lowest BCUT2D eigenvalue weighted by atomic mass is 10.1. The zero-order valence-corrected chi connectivity index (χ0v) is 18.1. The fourth-order valence-corrected chi connectivity index (χ4v) is 3.98. The van der Waals surface area contributed by atoms with E-state index in [9.17, 15) is 21.6 Å². The second-order valence-electron chi connectivity index (χ2n) is 6.86. The van der Waals surface area contributed by atoms with Crippen LogP contribution in [0.5, 0.6) is 5.75 Å². The van der Waals surface area contributed by atoms with Gasteiger partial charge < -0.3 is 10.1 Å². The molecule has 0 aliphatic carbocycles. The van der Waals surface area contributed by atoms with Gasteiger partial charge >= 0.3 is 0 Å². The van der Waals surface area contributed by atoms with Crippen molar-refractivity contribution in [1.82, 2.24) is 5.32 Å². The molecule has 9 heteroatoms. The zero-order valence-electron chi connectivity index (χ0n) is 16.4. The molecule has 0 radical (unpaired) electrons. The second-order valence-corrected chi connectivity index (χ2v) is 11.0. The quantitative estimate of drug-likeness (QED) is 0.568. The van der Waals surface area contributed by atoms with E-state index in [0.29, 0.717) is 37.3 Å². The van der Waals surface area contributed by atoms with E-state index in [0.717, 1.165) is 11.8 Å². The third-order valence-corrected chi connectivity index (χ3v) is 6.00. The highest BCUT2D eigenvalue weighted by Gasteiger charge is 2.07. The van der Waals surface area contributed by atoms with Crippen molar-refractivity contribution in [1.29, 1.82) is 0 Å². The highest BCUT2D eigenvalue weighted by Crippen LogP contribution is 2.16. The molecular weight excluding hydrogens is 414 g/mol. The Morgan fingerprint density at radius 1 is 0.897 bits per heavy atom. The first kappa shape index (κ1) is 22.9. The van der Waals surface area contributed by atoms with Crippen LogP contribution < -0.4 is 10.1 Å². The number of hydrogen-bond acceptors (Lipinski definition) is 6. The van der Waals surface area contributed by atoms with Crippen molar-refractivity contribution in [3.8, 4) is 5.75 Å². The van der Waals surface area contributed by atoms with Gasteiger partial charge in [-0.2, -0.15) is 0 Å². The Morgan fingerprint density at radius 3 is 2.03 bits per heavy atom. The number of carbonyl (C=O) groups is 1. The molecule has 0 fully saturated rings. The molecule has 1 amide bonds. The zero-order chi connectivity index (χ0) is 21.5. The SMILES string of the molecule is CS(=O)(=O)Cc1ccc(CNC(=O)CCCOc2ccc(S(C)(=O)=O)cc2)cc1. The molecule has 0 aliphatic heterocycles. The predicted octanol–water partition coefficient (Wildman–Crippen LogP) is 2.11. The van der Waals surface area contributed by atoms with Crippen molar-refractivity contribution in [3.63, 3.8) is 0 Å². The van der Waals surface area contributed by atoms with Crippen molar-refractivity contribution < 1.29 is 26.4 Å². The summed E-state index contributed by atoms with van der Waals surface area (Å²) in [6, 6.07) is 13.2. The van der Waals surface area contributed by atoms with Crippen LogP contribution in [0.1, 0.15) is 24.0 Å². The van der Waals surface area contributed by atoms with Crippen LogP contribution in [0.4, 0.5) is 0 Å². The van der Waals surface area contributed by atoms with Gasteiger partial charge in [-0.25, -0.2) is 16.8 Å². The van der Waals surface area contributed by atoms with Gasteiger partial charge in [-0.05, 0) is 41.8 Å². The highest BCUT2D eigenvalue weighted by atomic mass is 32.2. The molecule has 0 unspecified atom stereocenters. The summed E-state index contributed by atoms with van der Waals surface area (Å²) in [6.45, 7) is 0.706. The molecule has 0 aromatic heterocycles. The van der Waals surface area contributed by atoms with E-state index in [1.54, 1.807) is 36.4 Å². The van der Waals surface area contributed by atoms with Crippen LogP contribution in [0.15, 0.2) is 53.4 Å². The third kappa shape index (κ3) is 8.66. The van der Waals surface area contributed by atoms with Gasteiger partial charge in [0.1, 0.15) is 5.75 Å². The Labute approximate surface area is 171 Å². The van der Waals surface area contributed by atoms with E-state index in [-0.39, 0.29) is 16.6 Å². The third-order valence-electron chi connectivity index (χ3n) is 4.01. The summed E-state index contributed by atoms with van der Waals surface area (Å²) >= 11 is 0. The number of benzene rings is 2. The van der Waals surface area contributed by atoms with Crippen LogP contribution in [-0.2, 0) is 36.8 Å². The molecule has 2 rings (SSSR count). The maximum atomic E-state index is 11.9. The molecular formula is C20H25NO6S2. The van der Waals surface area contributed by atoms with Crippen molar-refractivity contribution in [2.45, 2.75) is 30.0 Å². The van der Waals surface area contributed by atoms with E-state index in [2.05, 4.69) is 5.32 Å². The van der Waals surface area contributed by atoms with E-state index < -0.39 is 19.7 Å². The molecule has 0 bridgehead atoms. The van der Waals surface area contributed by atoms with Crippen molar-refractivity contribution in [3.05, 3.63) is 59.7 Å². The molecule has 1 N–H and O–H groups in total. The van der Waals surface area contributed by atoms with E-state index >= 15 is 0 Å². The van der Waals surface area contributed by atoms with Gasteiger partial charge in [0, 0.05) is 25.5 Å². The Bertz CT molecular complexity index is 1030. The molecule has 0 atom stereocenters. The molecule has 2 aromatic carbocycles. The normalized spacial score (nSPS) is 11.8. The monoisotopic (exact) mass is 439 g/mol. The molecule has 0 aliphatic rings. The first-order valence-corrected chi connectivity index (χ1v) is 12.9. The molecule has 29 heavy (non-hydrogen) atoms. The summed E-state index contributed by atoms with van der Waals surface area (Å²) in [5, 5.41) is 2.81. The first-order chi connectivity index (χ1) is 13.5. The highest BCUT2D eigenvalue weighted by molar-refractivity contribution is 7.90. The maximum absolute atomic E-state index is 11.9. The predicted molar refractivity (Wildman–Crippen MR) is 111 cm³/mol. The van der Waals surface area contributed by atoms with E-state index in [1.165, 1.54) is 18.4 Å². The van der Waals surface area contributed by atoms with Crippen molar-refractivity contribution in [2.75, 3.05) is 19.1 Å². The van der Waals surface area contributed by atoms with Crippen LogP contribution >= 0.6 is 0 Å². The Balaban J connectivity index is 1.68. The van der Waals surface area contributed by atoms with Gasteiger partial charge in [-0.3, -0.25) is 4.79 Å². The fourth-order valence-electron chi connectivity index (χ4n) is 2.55. The molecule has 0 saturated heterocycles. The largest absolute Gasteiger partial charge is 0.494 e. The smallest absolute Gasteiger partial charge is 0.220 e. The van der Waals surface area contributed by atoms with Crippen LogP contribution in [0.3, 0.4) is 0 Å². The Hall–Kier alpha value is -2.39. The molecule has 158 valence electrons. The van der Waals surface area contributed by atoms with Crippen molar-refractivity contribution >= 4 is 25.6 Å². The summed E-state index contributed by atoms with van der Waals surface area (Å²) in [5.41, 5.74) is 1.60. The topological polar surface area (TPSA) is 107 Å². The van der Waals surface area contributed by atoms with Gasteiger partial charge in [-0.1, -0.05) is 24.3 Å². The van der Waals surface area contributed by atoms with Crippen LogP contribution in [0, 0.1) is 0 Å².